The molecule has 0 bridgehead atoms. The number of nitrogens with one attached hydrogen (secondary N) is 1. The summed E-state index contributed by atoms with van der Waals surface area (Å²) in [5.41, 5.74) is -0.703. The largest absolute Gasteiger partial charge is 0.522 e. The van der Waals surface area contributed by atoms with Crippen LogP contribution in [0.1, 0.15) is 24.0 Å². The van der Waals surface area contributed by atoms with Gasteiger partial charge in [0.25, 0.3) is 0 Å². The van der Waals surface area contributed by atoms with E-state index in [1.807, 2.05) is 0 Å². The second-order valence-electron chi connectivity index (χ2n) is 7.47. The summed E-state index contributed by atoms with van der Waals surface area (Å²) < 4.78 is 79.8. The van der Waals surface area contributed by atoms with Crippen LogP contribution in [0.4, 0.5) is 26.3 Å². The zero-order valence-corrected chi connectivity index (χ0v) is 18.2. The van der Waals surface area contributed by atoms with Gasteiger partial charge in [0.05, 0.1) is 12.2 Å². The zero-order valence-electron chi connectivity index (χ0n) is 18.2. The predicted molar refractivity (Wildman–Crippen MR) is 107 cm³/mol. The minimum atomic E-state index is -4.75. The highest BCUT2D eigenvalue weighted by atomic mass is 19.4. The maximum absolute atomic E-state index is 13.1. The summed E-state index contributed by atoms with van der Waals surface area (Å²) in [5.74, 6) is -3.54. The van der Waals surface area contributed by atoms with Gasteiger partial charge in [0, 0.05) is 19.1 Å². The molecule has 0 saturated carbocycles. The van der Waals surface area contributed by atoms with Crippen molar-refractivity contribution in [3.8, 4) is 0 Å². The average molecular weight is 520 g/mol. The van der Waals surface area contributed by atoms with Crippen molar-refractivity contribution in [1.82, 2.24) is 10.2 Å². The molecule has 0 aromatic heterocycles. The Morgan fingerprint density at radius 3 is 1.97 bits per heavy atom. The number of carbonyl (C=O) groups is 2. The highest BCUT2D eigenvalue weighted by Gasteiger charge is 2.34. The van der Waals surface area contributed by atoms with Crippen molar-refractivity contribution in [2.24, 2.45) is 0 Å². The van der Waals surface area contributed by atoms with E-state index in [-0.39, 0.29) is 24.7 Å². The zero-order chi connectivity index (χ0) is 26.8. The lowest BCUT2D eigenvalue weighted by molar-refractivity contribution is -0.325. The van der Waals surface area contributed by atoms with E-state index in [4.69, 9.17) is 20.4 Å². The fraction of sp³-hybridized carbons (Fsp3) is 0.600. The summed E-state index contributed by atoms with van der Waals surface area (Å²) in [6.07, 6.45) is -12.4. The Balaban J connectivity index is 0.000000518. The summed E-state index contributed by atoms with van der Waals surface area (Å²) in [6, 6.07) is 5.06. The molecule has 1 aliphatic rings. The quantitative estimate of drug-likeness (QED) is 0.308. The molecule has 5 N–H and O–H groups in total. The van der Waals surface area contributed by atoms with Crippen molar-refractivity contribution in [3.63, 3.8) is 0 Å². The van der Waals surface area contributed by atoms with Crippen molar-refractivity contribution in [2.75, 3.05) is 26.2 Å². The van der Waals surface area contributed by atoms with Crippen LogP contribution in [0.15, 0.2) is 24.3 Å². The van der Waals surface area contributed by atoms with E-state index in [0.717, 1.165) is 6.07 Å². The molecule has 9 nitrogen and oxygen atoms in total. The van der Waals surface area contributed by atoms with Gasteiger partial charge in [0.15, 0.2) is 12.2 Å². The van der Waals surface area contributed by atoms with Crippen LogP contribution in [0.2, 0.25) is 0 Å². The first-order chi connectivity index (χ1) is 16.1. The smallest absolute Gasteiger partial charge is 0.479 e. The van der Waals surface area contributed by atoms with Gasteiger partial charge in [-0.3, -0.25) is 9.64 Å². The maximum Gasteiger partial charge on any atom is 0.522 e. The Morgan fingerprint density at radius 2 is 1.51 bits per heavy atom. The predicted octanol–water partition coefficient (Wildman–Crippen LogP) is 1.67. The van der Waals surface area contributed by atoms with Crippen LogP contribution < -0.4 is 5.32 Å². The number of benzene rings is 1. The van der Waals surface area contributed by atoms with Gasteiger partial charge in [-0.05, 0) is 37.6 Å². The molecule has 2 rings (SSSR count). The highest BCUT2D eigenvalue weighted by molar-refractivity contribution is 5.83. The van der Waals surface area contributed by atoms with Crippen LogP contribution in [0, 0.1) is 0 Å². The molecule has 0 aliphatic carbocycles. The van der Waals surface area contributed by atoms with Gasteiger partial charge in [0.2, 0.25) is 0 Å². The second-order valence-corrected chi connectivity index (χ2v) is 7.47. The van der Waals surface area contributed by atoms with Gasteiger partial charge in [-0.2, -0.15) is 13.2 Å². The molecule has 1 heterocycles. The van der Waals surface area contributed by atoms with Gasteiger partial charge >= 0.3 is 24.5 Å². The minimum absolute atomic E-state index is 0.0561. The molecule has 1 aromatic rings. The van der Waals surface area contributed by atoms with Gasteiger partial charge in [-0.1, -0.05) is 18.2 Å². The van der Waals surface area contributed by atoms with Crippen molar-refractivity contribution in [1.29, 1.82) is 0 Å². The number of piperidine rings is 1. The van der Waals surface area contributed by atoms with Crippen LogP contribution in [0.5, 0.6) is 0 Å². The molecule has 1 saturated heterocycles. The number of aliphatic hydroxyl groups is 2. The Morgan fingerprint density at radius 1 is 1.00 bits per heavy atom. The van der Waals surface area contributed by atoms with E-state index >= 15 is 0 Å². The first kappa shape index (κ1) is 30.6. The summed E-state index contributed by atoms with van der Waals surface area (Å²) in [4.78, 5) is 21.2. The average Bonchev–Trinajstić information content (AvgIpc) is 2.77. The van der Waals surface area contributed by atoms with E-state index < -0.39 is 48.9 Å². The molecule has 0 radical (unpaired) electrons. The minimum Gasteiger partial charge on any atom is -0.479 e. The first-order valence-corrected chi connectivity index (χ1v) is 10.3. The monoisotopic (exact) mass is 520 g/mol. The van der Waals surface area contributed by atoms with Crippen molar-refractivity contribution < 1.29 is 61.1 Å². The number of aliphatic hydroxyl groups excluding tert-OH is 2. The number of halogens is 6. The Labute approximate surface area is 195 Å². The van der Waals surface area contributed by atoms with Crippen molar-refractivity contribution in [2.45, 2.75) is 50.2 Å². The van der Waals surface area contributed by atoms with E-state index in [9.17, 15) is 35.9 Å². The van der Waals surface area contributed by atoms with Crippen LogP contribution in [0.25, 0.3) is 0 Å². The van der Waals surface area contributed by atoms with Crippen LogP contribution in [-0.4, -0.2) is 88.1 Å². The van der Waals surface area contributed by atoms with Crippen LogP contribution in [0.3, 0.4) is 0 Å². The lowest BCUT2D eigenvalue weighted by atomic mass is 10.0. The van der Waals surface area contributed by atoms with Gasteiger partial charge in [0.1, 0.15) is 0 Å². The standard InChI is InChI=1S/C16H20F6N2O.C4H6O6/c17-15(18,19)14-4-2-1-3-12(14)11-24(9-10-25-16(20,21)22)13-5-7-23-8-6-13;5-1(3(7)8)2(6)4(9)10/h1-4,13,23H,5-11H2;1-2,5-6H,(H,7,8)(H,9,10). The number of rotatable bonds is 9. The molecule has 0 spiro atoms. The Hall–Kier alpha value is -2.46. The molecule has 15 heteroatoms. The Kier molecular flexibility index (Phi) is 11.9. The van der Waals surface area contributed by atoms with E-state index in [0.29, 0.717) is 25.9 Å². The number of hydrogen-bond acceptors (Lipinski definition) is 7. The fourth-order valence-corrected chi connectivity index (χ4v) is 3.26. The van der Waals surface area contributed by atoms with E-state index in [2.05, 4.69) is 10.1 Å². The molecular formula is C20H26F6N2O7. The lowest BCUT2D eigenvalue weighted by Crippen LogP contribution is -2.44. The maximum atomic E-state index is 13.1. The molecule has 2 atom stereocenters. The summed E-state index contributed by atoms with van der Waals surface area (Å²) in [5, 5.41) is 35.7. The molecule has 0 amide bonds. The number of hydrogen-bond donors (Lipinski definition) is 5. The van der Waals surface area contributed by atoms with Crippen molar-refractivity contribution in [3.05, 3.63) is 35.4 Å². The molecule has 35 heavy (non-hydrogen) atoms. The van der Waals surface area contributed by atoms with E-state index in [1.165, 1.54) is 18.2 Å². The first-order valence-electron chi connectivity index (χ1n) is 10.3. The SMILES string of the molecule is FC(F)(F)OCCN(Cc1ccccc1C(F)(F)F)C1CCNCC1.O=C(O)C(O)C(O)C(=O)O. The number of alkyl halides is 6. The van der Waals surface area contributed by atoms with E-state index in [1.54, 1.807) is 4.90 Å². The van der Waals surface area contributed by atoms with Crippen molar-refractivity contribution >= 4 is 11.9 Å². The number of carboxylic acid groups (broad SMARTS) is 2. The molecule has 200 valence electrons. The summed E-state index contributed by atoms with van der Waals surface area (Å²) >= 11 is 0. The highest BCUT2D eigenvalue weighted by Crippen LogP contribution is 2.33. The summed E-state index contributed by atoms with van der Waals surface area (Å²) in [6.45, 7) is 0.601. The van der Waals surface area contributed by atoms with Crippen LogP contribution >= 0.6 is 0 Å². The molecule has 1 aromatic carbocycles. The Bertz CT molecular complexity index is 798. The number of nitrogens with zero attached hydrogens (tertiary/aromatic N) is 1. The third kappa shape index (κ3) is 11.2. The fourth-order valence-electron chi connectivity index (χ4n) is 3.26. The van der Waals surface area contributed by atoms with Gasteiger partial charge in [-0.15, -0.1) is 13.2 Å². The third-order valence-electron chi connectivity index (χ3n) is 4.97. The summed E-state index contributed by atoms with van der Waals surface area (Å²) in [7, 11) is 0. The topological polar surface area (TPSA) is 140 Å². The number of aliphatic carboxylic acids is 2. The lowest BCUT2D eigenvalue weighted by Gasteiger charge is -2.35. The normalized spacial score (nSPS) is 16.8. The molecule has 2 unspecified atom stereocenters. The van der Waals surface area contributed by atoms with Gasteiger partial charge in [-0.25, -0.2) is 9.59 Å². The second kappa shape index (κ2) is 13.6. The third-order valence-corrected chi connectivity index (χ3v) is 4.97. The molecule has 1 fully saturated rings. The molecular weight excluding hydrogens is 494 g/mol. The molecule has 1 aliphatic heterocycles. The number of ether oxygens (including phenoxy) is 1. The van der Waals surface area contributed by atoms with Gasteiger partial charge < -0.3 is 25.7 Å². The number of carboxylic acids is 2. The van der Waals surface area contributed by atoms with Crippen LogP contribution in [-0.2, 0) is 27.0 Å².